The molecular weight excluding hydrogens is 1040 g/mol. The number of thiazole rings is 1. The summed E-state index contributed by atoms with van der Waals surface area (Å²) < 4.78 is 55.8. The molecule has 2 aliphatic heterocycles. The minimum Gasteiger partial charge on any atom is -0.466 e. The van der Waals surface area contributed by atoms with Crippen LogP contribution in [0.3, 0.4) is 0 Å². The number of nitro benzene ring substituents is 2. The molecule has 76 heavy (non-hydrogen) atoms. The topological polar surface area (TPSA) is 264 Å². The molecule has 0 radical (unpaired) electrons. The number of carbonyl (C=O) groups is 3. The fraction of sp³-hybridized carbons (Fsp3) is 0.760. The molecule has 0 spiro atoms. The summed E-state index contributed by atoms with van der Waals surface area (Å²) in [5.41, 5.74) is 0.479. The number of esters is 1. The maximum atomic E-state index is 13.8. The molecule has 2 fully saturated rings. The van der Waals surface area contributed by atoms with Crippen LogP contribution < -0.4 is 5.32 Å². The van der Waals surface area contributed by atoms with Gasteiger partial charge in [-0.3, -0.25) is 39.5 Å². The van der Waals surface area contributed by atoms with Crippen molar-refractivity contribution in [3.05, 3.63) is 59.0 Å². The number of amides is 2. The summed E-state index contributed by atoms with van der Waals surface area (Å²) in [5.74, 6) is -0.426. The molecule has 1 aromatic heterocycles. The molecule has 24 nitrogen and oxygen atoms in total. The third kappa shape index (κ3) is 25.6. The molecule has 4 rings (SSSR count). The van der Waals surface area contributed by atoms with Gasteiger partial charge in [0.1, 0.15) is 9.34 Å². The number of hydrogen-bond acceptors (Lipinski definition) is 21. The smallest absolute Gasteiger partial charge is 0.305 e. The molecule has 2 saturated heterocycles. The number of nitrogens with one attached hydrogen (secondary N) is 1. The maximum Gasteiger partial charge on any atom is 0.305 e. The first kappa shape index (κ1) is 64.4. The number of halogens is 1. The summed E-state index contributed by atoms with van der Waals surface area (Å²) in [4.78, 5) is 71.2. The molecule has 2 amide bonds. The normalized spacial score (nSPS) is 16.3. The molecule has 2 atom stereocenters. The van der Waals surface area contributed by atoms with Gasteiger partial charge in [-0.2, -0.15) is 0 Å². The van der Waals surface area contributed by atoms with Gasteiger partial charge in [0.25, 0.3) is 11.4 Å². The predicted octanol–water partition coefficient (Wildman–Crippen LogP) is 4.07. The number of aryl methyl sites for hydroxylation is 2. The Morgan fingerprint density at radius 3 is 1.74 bits per heavy atom. The van der Waals surface area contributed by atoms with Crippen LogP contribution in [0, 0.1) is 27.2 Å². The lowest BCUT2D eigenvalue weighted by molar-refractivity contribution is -0.394. The van der Waals surface area contributed by atoms with Gasteiger partial charge >= 0.3 is 5.97 Å². The minimum atomic E-state index is -0.658. The maximum absolute atomic E-state index is 13.8. The summed E-state index contributed by atoms with van der Waals surface area (Å²) in [6.45, 7) is 19.0. The Kier molecular flexibility index (Phi) is 31.3. The van der Waals surface area contributed by atoms with E-state index in [0.29, 0.717) is 191 Å². The number of aromatic nitrogens is 1. The summed E-state index contributed by atoms with van der Waals surface area (Å²) in [7, 11) is 0. The van der Waals surface area contributed by atoms with Crippen LogP contribution in [0.4, 0.5) is 11.4 Å². The first-order valence-electron chi connectivity index (χ1n) is 26.1. The van der Waals surface area contributed by atoms with E-state index in [9.17, 15) is 34.6 Å². The summed E-state index contributed by atoms with van der Waals surface area (Å²) >= 11 is 7.53. The molecule has 2 unspecified atom stereocenters. The molecule has 3 heterocycles. The molecule has 430 valence electrons. The first-order valence-corrected chi connectivity index (χ1v) is 27.3. The van der Waals surface area contributed by atoms with E-state index in [1.807, 2.05) is 11.8 Å². The van der Waals surface area contributed by atoms with E-state index in [2.05, 4.69) is 36.0 Å². The standard InChI is InChI=1S/C50H80ClN7O17S/c1-39-48(51)76-45(53-39)36-46(59)56-15-14-54(49(61)43-38-55(13-12-52-43)50(2,3)4)37-42(56)11-18-75-47(60)8-6-17-67-20-22-69-24-26-71-28-30-73-32-34-74-33-31-72-29-27-70-25-23-68-21-19-66-16-5-7-40-9-10-41(57(62)63)35-44(40)58(64)65/h9-10,35,42-43,52H,5-8,11-34,36-38H2,1-4H3. The van der Waals surface area contributed by atoms with Crippen molar-refractivity contribution in [3.8, 4) is 0 Å². The van der Waals surface area contributed by atoms with Crippen LogP contribution in [-0.2, 0) is 74.6 Å². The zero-order chi connectivity index (χ0) is 55.0. The monoisotopic (exact) mass is 1120 g/mol. The molecular formula is C50H80ClN7O17S. The molecule has 2 aliphatic rings. The second kappa shape index (κ2) is 36.9. The third-order valence-electron chi connectivity index (χ3n) is 12.2. The van der Waals surface area contributed by atoms with E-state index < -0.39 is 9.85 Å². The van der Waals surface area contributed by atoms with E-state index in [1.165, 1.54) is 23.5 Å². The van der Waals surface area contributed by atoms with Crippen LogP contribution in [0.15, 0.2) is 18.2 Å². The number of non-ortho nitro benzene ring substituents is 1. The van der Waals surface area contributed by atoms with Gasteiger partial charge in [0.15, 0.2) is 0 Å². The van der Waals surface area contributed by atoms with Crippen molar-refractivity contribution >= 4 is 52.1 Å². The van der Waals surface area contributed by atoms with Gasteiger partial charge in [-0.1, -0.05) is 11.6 Å². The predicted molar refractivity (Wildman–Crippen MR) is 281 cm³/mol. The number of benzene rings is 1. The number of hydrogen-bond donors (Lipinski definition) is 1. The van der Waals surface area contributed by atoms with Crippen molar-refractivity contribution in [1.29, 1.82) is 0 Å². The van der Waals surface area contributed by atoms with E-state index in [-0.39, 0.29) is 66.2 Å². The van der Waals surface area contributed by atoms with Crippen LogP contribution >= 0.6 is 22.9 Å². The van der Waals surface area contributed by atoms with E-state index in [1.54, 1.807) is 4.90 Å². The Bertz CT molecular complexity index is 2010. The zero-order valence-electron chi connectivity index (χ0n) is 44.7. The van der Waals surface area contributed by atoms with Gasteiger partial charge < -0.3 is 62.5 Å². The molecule has 1 N–H and O–H groups in total. The van der Waals surface area contributed by atoms with Crippen molar-refractivity contribution in [1.82, 2.24) is 25.0 Å². The first-order chi connectivity index (χ1) is 36.6. The van der Waals surface area contributed by atoms with Crippen molar-refractivity contribution in [3.63, 3.8) is 0 Å². The van der Waals surface area contributed by atoms with Crippen LogP contribution in [0.5, 0.6) is 0 Å². The Morgan fingerprint density at radius 1 is 0.724 bits per heavy atom. The van der Waals surface area contributed by atoms with Crippen LogP contribution in [0.2, 0.25) is 4.34 Å². The third-order valence-corrected chi connectivity index (χ3v) is 13.6. The number of nitrogens with zero attached hydrogens (tertiary/aromatic N) is 6. The Morgan fingerprint density at radius 2 is 1.25 bits per heavy atom. The molecule has 1 aromatic carbocycles. The van der Waals surface area contributed by atoms with Crippen LogP contribution in [0.1, 0.15) is 62.7 Å². The van der Waals surface area contributed by atoms with Gasteiger partial charge in [-0.05, 0) is 53.0 Å². The molecule has 0 aliphatic carbocycles. The molecule has 26 heteroatoms. The lowest BCUT2D eigenvalue weighted by Crippen LogP contribution is -2.64. The van der Waals surface area contributed by atoms with Gasteiger partial charge in [-0.15, -0.1) is 11.3 Å². The number of piperazine rings is 2. The average molecular weight is 1120 g/mol. The summed E-state index contributed by atoms with van der Waals surface area (Å²) in [6.07, 6.45) is 2.08. The SMILES string of the molecule is Cc1nc(CC(=O)N2CCN(C(=O)C3CN(C(C)(C)C)CCN3)CC2CCOC(=O)CCCOCCOCCOCCOCCOCCOCCOCCOCCOCCCc2ccc([N+](=O)[O-])cc2[N+](=O)[O-])sc1Cl. The second-order valence-corrected chi connectivity index (χ2v) is 20.5. The average Bonchev–Trinajstić information content (AvgIpc) is 3.72. The van der Waals surface area contributed by atoms with E-state index in [4.69, 9.17) is 59.0 Å². The molecule has 0 saturated carbocycles. The Labute approximate surface area is 454 Å². The number of carbonyl (C=O) groups excluding carboxylic acids is 3. The van der Waals surface area contributed by atoms with E-state index >= 15 is 0 Å². The van der Waals surface area contributed by atoms with Gasteiger partial charge in [-0.25, -0.2) is 4.98 Å². The van der Waals surface area contributed by atoms with Crippen LogP contribution in [0.25, 0.3) is 0 Å². The van der Waals surface area contributed by atoms with Crippen molar-refractivity contribution in [2.45, 2.75) is 83.8 Å². The lowest BCUT2D eigenvalue weighted by atomic mass is 10.0. The molecule has 0 bridgehead atoms. The zero-order valence-corrected chi connectivity index (χ0v) is 46.3. The highest BCUT2D eigenvalue weighted by Gasteiger charge is 2.38. The number of rotatable bonds is 40. The molecule has 2 aromatic rings. The minimum absolute atomic E-state index is 0.0186. The van der Waals surface area contributed by atoms with Crippen molar-refractivity contribution in [2.24, 2.45) is 0 Å². The van der Waals surface area contributed by atoms with Gasteiger partial charge in [0, 0.05) is 82.5 Å². The second-order valence-electron chi connectivity index (χ2n) is 18.8. The fourth-order valence-electron chi connectivity index (χ4n) is 8.09. The highest BCUT2D eigenvalue weighted by Crippen LogP contribution is 2.27. The Balaban J connectivity index is 0.891. The Hall–Kier alpha value is -4.09. The summed E-state index contributed by atoms with van der Waals surface area (Å²) in [5, 5.41) is 26.2. The quantitative estimate of drug-likeness (QED) is 0.0427. The highest BCUT2D eigenvalue weighted by atomic mass is 35.5. The van der Waals surface area contributed by atoms with Crippen molar-refractivity contribution < 1.29 is 71.6 Å². The summed E-state index contributed by atoms with van der Waals surface area (Å²) in [6, 6.07) is 2.99. The largest absolute Gasteiger partial charge is 0.466 e. The van der Waals surface area contributed by atoms with E-state index in [0.717, 1.165) is 19.2 Å². The highest BCUT2D eigenvalue weighted by molar-refractivity contribution is 7.16. The lowest BCUT2D eigenvalue weighted by Gasteiger charge is -2.45. The number of ether oxygens (including phenoxy) is 10. The fourth-order valence-corrected chi connectivity index (χ4v) is 9.17. The van der Waals surface area contributed by atoms with Crippen LogP contribution in [-0.4, -0.2) is 230 Å². The number of nitro groups is 2. The van der Waals surface area contributed by atoms with Gasteiger partial charge in [0.05, 0.1) is 152 Å². The van der Waals surface area contributed by atoms with Gasteiger partial charge in [0.2, 0.25) is 11.8 Å². The van der Waals surface area contributed by atoms with Crippen molar-refractivity contribution in [2.75, 3.05) is 165 Å².